The smallest absolute Gasteiger partial charge is 0.408 e. The number of likely N-dealkylation sites (tertiary alicyclic amines) is 1. The Labute approximate surface area is 326 Å². The summed E-state index contributed by atoms with van der Waals surface area (Å²) in [7, 11) is -2.35. The first-order chi connectivity index (χ1) is 26.5. The number of hydrogen-bond acceptors (Lipinski definition) is 10. The minimum atomic E-state index is -3.92. The maximum Gasteiger partial charge on any atom is 0.408 e. The predicted octanol–water partition coefficient (Wildman–Crippen LogP) is 4.40. The van der Waals surface area contributed by atoms with Crippen molar-refractivity contribution in [3.63, 3.8) is 0 Å². The highest BCUT2D eigenvalue weighted by molar-refractivity contribution is 7.91. The van der Waals surface area contributed by atoms with E-state index >= 15 is 0 Å². The van der Waals surface area contributed by atoms with Crippen molar-refractivity contribution in [3.8, 4) is 22.8 Å². The molecule has 4 fully saturated rings. The third-order valence-corrected chi connectivity index (χ3v) is 12.6. The third kappa shape index (κ3) is 7.56. The second-order valence-corrected chi connectivity index (χ2v) is 18.0. The van der Waals surface area contributed by atoms with Gasteiger partial charge in [-0.2, -0.15) is 0 Å². The van der Waals surface area contributed by atoms with E-state index in [1.54, 1.807) is 46.1 Å². The summed E-state index contributed by atoms with van der Waals surface area (Å²) in [6.45, 7) is 12.7. The first kappa shape index (κ1) is 38.8. The summed E-state index contributed by atoms with van der Waals surface area (Å²) in [5, 5.41) is 5.59. The largest absolute Gasteiger partial charge is 0.497 e. The van der Waals surface area contributed by atoms with Crippen LogP contribution in [-0.4, -0.2) is 89.8 Å². The molecule has 2 heterocycles. The normalized spacial score (nSPS) is 26.8. The van der Waals surface area contributed by atoms with Crippen LogP contribution in [0.1, 0.15) is 52.9 Å². The number of alkyl carbamates (subject to hydrolysis) is 1. The Hall–Kier alpha value is -5.44. The van der Waals surface area contributed by atoms with Crippen LogP contribution in [0.15, 0.2) is 79.9 Å². The first-order valence-electron chi connectivity index (χ1n) is 18.7. The number of ether oxygens (including phenoxy) is 3. The van der Waals surface area contributed by atoms with Crippen molar-refractivity contribution in [1.82, 2.24) is 25.2 Å². The topological polar surface area (TPSA) is 182 Å². The van der Waals surface area contributed by atoms with E-state index in [1.165, 1.54) is 11.0 Å². The molecule has 3 N–H and O–H groups in total. The quantitative estimate of drug-likeness (QED) is 0.210. The number of benzene rings is 2. The van der Waals surface area contributed by atoms with E-state index in [-0.39, 0.29) is 25.8 Å². The van der Waals surface area contributed by atoms with Crippen LogP contribution in [0.25, 0.3) is 22.2 Å². The molecule has 6 atom stereocenters. The van der Waals surface area contributed by atoms with E-state index in [1.807, 2.05) is 42.5 Å². The number of nitrogens with one attached hydrogen (secondary N) is 3. The van der Waals surface area contributed by atoms with Crippen LogP contribution >= 0.6 is 0 Å². The van der Waals surface area contributed by atoms with Crippen molar-refractivity contribution in [2.45, 2.75) is 86.9 Å². The summed E-state index contributed by atoms with van der Waals surface area (Å²) in [4.78, 5) is 62.0. The van der Waals surface area contributed by atoms with Crippen LogP contribution in [0.4, 0.5) is 4.79 Å². The summed E-state index contributed by atoms with van der Waals surface area (Å²) in [5.74, 6) is -2.00. The number of sulfonamides is 1. The second kappa shape index (κ2) is 14.3. The number of carbonyl (C=O) groups excluding carboxylic acids is 4. The molecule has 15 heteroatoms. The molecule has 2 aromatic carbocycles. The molecule has 3 saturated carbocycles. The average Bonchev–Trinajstić information content (AvgIpc) is 4.09. The number of methoxy groups -OCH3 is 1. The summed E-state index contributed by atoms with van der Waals surface area (Å²) < 4.78 is 45.4. The molecule has 14 nitrogen and oxygen atoms in total. The maximum atomic E-state index is 14.7. The Balaban J connectivity index is 1.22. The molecule has 4 unspecified atom stereocenters. The lowest BCUT2D eigenvalue weighted by Gasteiger charge is -2.31. The van der Waals surface area contributed by atoms with Gasteiger partial charge in [-0.25, -0.2) is 18.2 Å². The lowest BCUT2D eigenvalue weighted by atomic mass is 10.1. The molecule has 1 saturated heterocycles. The van der Waals surface area contributed by atoms with E-state index in [4.69, 9.17) is 19.2 Å². The minimum Gasteiger partial charge on any atom is -0.497 e. The molecule has 0 bridgehead atoms. The lowest BCUT2D eigenvalue weighted by molar-refractivity contribution is -0.142. The van der Waals surface area contributed by atoms with Gasteiger partial charge in [0.2, 0.25) is 21.8 Å². The Morgan fingerprint density at radius 1 is 0.946 bits per heavy atom. The monoisotopic (exact) mass is 785 g/mol. The molecule has 1 aliphatic heterocycles. The van der Waals surface area contributed by atoms with Gasteiger partial charge < -0.3 is 29.7 Å². The molecule has 56 heavy (non-hydrogen) atoms. The highest BCUT2D eigenvalue weighted by atomic mass is 32.2. The zero-order valence-electron chi connectivity index (χ0n) is 31.9. The molecule has 4 aliphatic rings. The molecule has 3 aromatic rings. The fourth-order valence-electron chi connectivity index (χ4n) is 7.47. The first-order valence-corrected chi connectivity index (χ1v) is 20.2. The molecule has 0 radical (unpaired) electrons. The fraction of sp³-hybridized carbons (Fsp3) is 0.439. The second-order valence-electron chi connectivity index (χ2n) is 16.0. The maximum absolute atomic E-state index is 14.7. The van der Waals surface area contributed by atoms with Gasteiger partial charge >= 0.3 is 6.09 Å². The van der Waals surface area contributed by atoms with Gasteiger partial charge in [0.05, 0.1) is 30.1 Å². The van der Waals surface area contributed by atoms with Crippen LogP contribution in [0.2, 0.25) is 0 Å². The summed E-state index contributed by atoms with van der Waals surface area (Å²) in [6, 6.07) is 15.6. The zero-order chi connectivity index (χ0) is 40.2. The molecule has 4 amide bonds. The van der Waals surface area contributed by atoms with Gasteiger partial charge in [0, 0.05) is 41.3 Å². The molecular formula is C41H47N5O9S. The number of hydrogen-bond donors (Lipinski definition) is 3. The van der Waals surface area contributed by atoms with E-state index in [0.29, 0.717) is 40.9 Å². The number of aromatic nitrogens is 1. The number of nitrogens with zero attached hydrogens (tertiary/aromatic N) is 2. The van der Waals surface area contributed by atoms with Gasteiger partial charge in [-0.05, 0) is 58.6 Å². The SMILES string of the molecule is C=CC1CC1(NC(=O)[C@@H]1C[C@@H](Oc2cc(-c3ccccc3)nc3cc(OC)ccc23)CN1C(=O)C1(NC(=O)OC(C)(C)C)CC1C=C)C(=O)NS(=O)(=O)C1CC1. The van der Waals surface area contributed by atoms with Crippen molar-refractivity contribution in [3.05, 3.63) is 79.9 Å². The highest BCUT2D eigenvalue weighted by Gasteiger charge is 2.65. The number of amides is 4. The van der Waals surface area contributed by atoms with Crippen molar-refractivity contribution in [1.29, 1.82) is 0 Å². The molecule has 1 aromatic heterocycles. The number of carbonyl (C=O) groups is 4. The molecule has 7 rings (SSSR count). The highest BCUT2D eigenvalue weighted by Crippen LogP contribution is 2.48. The van der Waals surface area contributed by atoms with Gasteiger partial charge in [-0.1, -0.05) is 42.5 Å². The Morgan fingerprint density at radius 2 is 1.62 bits per heavy atom. The summed E-state index contributed by atoms with van der Waals surface area (Å²) >= 11 is 0. The number of fused-ring (bicyclic) bond motifs is 1. The van der Waals surface area contributed by atoms with Gasteiger partial charge in [-0.15, -0.1) is 13.2 Å². The van der Waals surface area contributed by atoms with Gasteiger partial charge in [0.1, 0.15) is 40.3 Å². The minimum absolute atomic E-state index is 0.0102. The summed E-state index contributed by atoms with van der Waals surface area (Å²) in [5.41, 5.74) is -1.77. The van der Waals surface area contributed by atoms with Crippen molar-refractivity contribution in [2.75, 3.05) is 13.7 Å². The van der Waals surface area contributed by atoms with Crippen molar-refractivity contribution >= 4 is 44.7 Å². The van der Waals surface area contributed by atoms with Gasteiger partial charge in [0.25, 0.3) is 5.91 Å². The molecule has 0 spiro atoms. The van der Waals surface area contributed by atoms with Gasteiger partial charge in [0.15, 0.2) is 0 Å². The molecule has 296 valence electrons. The average molecular weight is 786 g/mol. The van der Waals surface area contributed by atoms with Crippen LogP contribution < -0.4 is 24.8 Å². The van der Waals surface area contributed by atoms with Gasteiger partial charge in [-0.3, -0.25) is 19.1 Å². The van der Waals surface area contributed by atoms with Crippen LogP contribution in [0.5, 0.6) is 11.5 Å². The fourth-order valence-corrected chi connectivity index (χ4v) is 8.83. The Kier molecular flexibility index (Phi) is 9.88. The predicted molar refractivity (Wildman–Crippen MR) is 208 cm³/mol. The van der Waals surface area contributed by atoms with Crippen molar-refractivity contribution in [2.24, 2.45) is 11.8 Å². The summed E-state index contributed by atoms with van der Waals surface area (Å²) in [6.07, 6.45) is 2.81. The standard InChI is InChI=1S/C41H47N5O9S/c1-7-25-21-40(25,36(48)45-56(51,52)29-15-16-29)43-35(47)33-19-28(23-46(33)37(49)41(22-26(41)8-2)44-38(50)55-39(3,4)5)54-34-20-31(24-12-10-9-11-13-24)42-32-18-27(53-6)14-17-30(32)34/h7-14,17-18,20,25-26,28-29,33H,1-2,15-16,19,21-23H2,3-6H3,(H,43,47)(H,44,50)(H,45,48)/t25?,26?,28-,33+,40?,41?/m1/s1. The number of rotatable bonds is 13. The lowest BCUT2D eigenvalue weighted by Crippen LogP contribution is -2.59. The third-order valence-electron chi connectivity index (χ3n) is 10.8. The van der Waals surface area contributed by atoms with Crippen LogP contribution in [-0.2, 0) is 29.1 Å². The zero-order valence-corrected chi connectivity index (χ0v) is 32.7. The number of pyridine rings is 1. The van der Waals surface area contributed by atoms with Crippen molar-refractivity contribution < 1.29 is 41.8 Å². The Bertz CT molecular complexity index is 2220. The van der Waals surface area contributed by atoms with E-state index in [0.717, 1.165) is 5.56 Å². The van der Waals surface area contributed by atoms with Crippen LogP contribution in [0, 0.1) is 11.8 Å². The van der Waals surface area contributed by atoms with E-state index < -0.39 is 79.7 Å². The van der Waals surface area contributed by atoms with Crippen LogP contribution in [0.3, 0.4) is 0 Å². The van der Waals surface area contributed by atoms with E-state index in [2.05, 4.69) is 28.5 Å². The Morgan fingerprint density at radius 3 is 2.23 bits per heavy atom. The molecular weight excluding hydrogens is 739 g/mol. The van der Waals surface area contributed by atoms with E-state index in [9.17, 15) is 27.6 Å². The molecule has 3 aliphatic carbocycles.